The van der Waals surface area contributed by atoms with Gasteiger partial charge < -0.3 is 20.1 Å². The van der Waals surface area contributed by atoms with Gasteiger partial charge in [0, 0.05) is 30.8 Å². The number of phenols is 1. The maximum absolute atomic E-state index is 9.41. The first-order chi connectivity index (χ1) is 9.11. The van der Waals surface area contributed by atoms with E-state index < -0.39 is 0 Å². The molecule has 0 saturated heterocycles. The standard InChI is InChI=1S/C15H24N2O2/c1-4-11(2)17(3)8-7-16-14-10-19-15-9-12(18)5-6-13(14)15/h5-6,9,11,14,16,18H,4,7-8,10H2,1-3H3. The number of hydrogen-bond acceptors (Lipinski definition) is 4. The lowest BCUT2D eigenvalue weighted by atomic mass is 10.1. The topological polar surface area (TPSA) is 44.7 Å². The van der Waals surface area contributed by atoms with Crippen LogP contribution in [0, 0.1) is 0 Å². The lowest BCUT2D eigenvalue weighted by molar-refractivity contribution is 0.242. The number of nitrogens with zero attached hydrogens (tertiary/aromatic N) is 1. The molecule has 0 aliphatic carbocycles. The third kappa shape index (κ3) is 3.39. The zero-order valence-electron chi connectivity index (χ0n) is 12.0. The van der Waals surface area contributed by atoms with E-state index in [1.54, 1.807) is 12.1 Å². The normalized spacial score (nSPS) is 19.3. The molecular formula is C15H24N2O2. The lowest BCUT2D eigenvalue weighted by Gasteiger charge is -2.24. The van der Waals surface area contributed by atoms with E-state index in [4.69, 9.17) is 4.74 Å². The zero-order valence-corrected chi connectivity index (χ0v) is 12.0. The molecular weight excluding hydrogens is 240 g/mol. The van der Waals surface area contributed by atoms with Crippen LogP contribution in [0.5, 0.6) is 11.5 Å². The fourth-order valence-electron chi connectivity index (χ4n) is 2.31. The molecule has 1 heterocycles. The van der Waals surface area contributed by atoms with E-state index in [9.17, 15) is 5.11 Å². The summed E-state index contributed by atoms with van der Waals surface area (Å²) in [5.74, 6) is 1.06. The summed E-state index contributed by atoms with van der Waals surface area (Å²) in [5.41, 5.74) is 1.14. The molecule has 2 rings (SSSR count). The fourth-order valence-corrected chi connectivity index (χ4v) is 2.31. The molecule has 106 valence electrons. The van der Waals surface area contributed by atoms with Gasteiger partial charge >= 0.3 is 0 Å². The fraction of sp³-hybridized carbons (Fsp3) is 0.600. The molecule has 0 fully saturated rings. The van der Waals surface area contributed by atoms with Crippen LogP contribution >= 0.6 is 0 Å². The maximum atomic E-state index is 9.41. The summed E-state index contributed by atoms with van der Waals surface area (Å²) in [6.45, 7) is 7.07. The van der Waals surface area contributed by atoms with Crippen LogP contribution in [-0.2, 0) is 0 Å². The molecule has 2 N–H and O–H groups in total. The van der Waals surface area contributed by atoms with Gasteiger partial charge in [0.05, 0.1) is 6.04 Å². The van der Waals surface area contributed by atoms with Crippen LogP contribution in [0.15, 0.2) is 18.2 Å². The van der Waals surface area contributed by atoms with Gasteiger partial charge in [-0.15, -0.1) is 0 Å². The second-order valence-electron chi connectivity index (χ2n) is 5.28. The number of rotatable bonds is 6. The molecule has 1 aromatic rings. The van der Waals surface area contributed by atoms with Crippen molar-refractivity contribution in [3.05, 3.63) is 23.8 Å². The van der Waals surface area contributed by atoms with Crippen molar-refractivity contribution >= 4 is 0 Å². The molecule has 4 nitrogen and oxygen atoms in total. The van der Waals surface area contributed by atoms with Crippen molar-refractivity contribution in [1.82, 2.24) is 10.2 Å². The minimum atomic E-state index is 0.237. The quantitative estimate of drug-likeness (QED) is 0.826. The van der Waals surface area contributed by atoms with Crippen molar-refractivity contribution in [1.29, 1.82) is 0 Å². The van der Waals surface area contributed by atoms with Crippen molar-refractivity contribution in [2.45, 2.75) is 32.4 Å². The third-order valence-corrected chi connectivity index (χ3v) is 3.98. The van der Waals surface area contributed by atoms with Gasteiger partial charge in [0.2, 0.25) is 0 Å². The zero-order chi connectivity index (χ0) is 13.8. The lowest BCUT2D eigenvalue weighted by Crippen LogP contribution is -2.36. The monoisotopic (exact) mass is 264 g/mol. The molecule has 0 amide bonds. The van der Waals surface area contributed by atoms with Crippen molar-refractivity contribution in [2.75, 3.05) is 26.7 Å². The van der Waals surface area contributed by atoms with Gasteiger partial charge in [-0.25, -0.2) is 0 Å². The third-order valence-electron chi connectivity index (χ3n) is 3.98. The van der Waals surface area contributed by atoms with Gasteiger partial charge in [0.15, 0.2) is 0 Å². The number of fused-ring (bicyclic) bond motifs is 1. The first-order valence-electron chi connectivity index (χ1n) is 7.01. The van der Waals surface area contributed by atoms with E-state index in [-0.39, 0.29) is 11.8 Å². The highest BCUT2D eigenvalue weighted by molar-refractivity contribution is 5.44. The summed E-state index contributed by atoms with van der Waals surface area (Å²) < 4.78 is 5.58. The highest BCUT2D eigenvalue weighted by Crippen LogP contribution is 2.34. The first-order valence-corrected chi connectivity index (χ1v) is 7.01. The van der Waals surface area contributed by atoms with Gasteiger partial charge in [0.1, 0.15) is 18.1 Å². The predicted molar refractivity (Wildman–Crippen MR) is 76.7 cm³/mol. The molecule has 1 aliphatic rings. The summed E-state index contributed by atoms with van der Waals surface area (Å²) in [7, 11) is 2.16. The van der Waals surface area contributed by atoms with Crippen LogP contribution in [0.3, 0.4) is 0 Å². The molecule has 0 saturated carbocycles. The average molecular weight is 264 g/mol. The van der Waals surface area contributed by atoms with Gasteiger partial charge in [0.25, 0.3) is 0 Å². The van der Waals surface area contributed by atoms with Gasteiger partial charge in [-0.2, -0.15) is 0 Å². The second-order valence-corrected chi connectivity index (χ2v) is 5.28. The molecule has 0 aromatic heterocycles. The molecule has 1 aromatic carbocycles. The summed E-state index contributed by atoms with van der Waals surface area (Å²) in [6, 6.07) is 6.19. The minimum Gasteiger partial charge on any atom is -0.508 e. The average Bonchev–Trinajstić information content (AvgIpc) is 2.80. The highest BCUT2D eigenvalue weighted by atomic mass is 16.5. The maximum Gasteiger partial charge on any atom is 0.127 e. The summed E-state index contributed by atoms with van der Waals surface area (Å²) in [4.78, 5) is 2.36. The molecule has 0 radical (unpaired) electrons. The van der Waals surface area contributed by atoms with Gasteiger partial charge in [-0.3, -0.25) is 0 Å². The van der Waals surface area contributed by atoms with E-state index in [1.165, 1.54) is 6.42 Å². The number of nitrogens with one attached hydrogen (secondary N) is 1. The van der Waals surface area contributed by atoms with Gasteiger partial charge in [-0.1, -0.05) is 6.92 Å². The van der Waals surface area contributed by atoms with E-state index in [0.29, 0.717) is 12.6 Å². The number of phenolic OH excluding ortho intramolecular Hbond substituents is 1. The molecule has 1 aliphatic heterocycles. The van der Waals surface area contributed by atoms with Crippen LogP contribution in [0.25, 0.3) is 0 Å². The molecule has 2 unspecified atom stereocenters. The number of likely N-dealkylation sites (N-methyl/N-ethyl adjacent to an activating group) is 1. The predicted octanol–water partition coefficient (Wildman–Crippen LogP) is 2.15. The van der Waals surface area contributed by atoms with Crippen LogP contribution in [0.2, 0.25) is 0 Å². The summed E-state index contributed by atoms with van der Waals surface area (Å²) in [5, 5.41) is 12.9. The largest absolute Gasteiger partial charge is 0.508 e. The van der Waals surface area contributed by atoms with E-state index in [0.717, 1.165) is 24.4 Å². The summed E-state index contributed by atoms with van der Waals surface area (Å²) >= 11 is 0. The number of benzene rings is 1. The first kappa shape index (κ1) is 14.2. The Kier molecular flexibility index (Phi) is 4.66. The Hall–Kier alpha value is -1.26. The number of aromatic hydroxyl groups is 1. The number of ether oxygens (including phenoxy) is 1. The summed E-state index contributed by atoms with van der Waals surface area (Å²) in [6.07, 6.45) is 1.17. The van der Waals surface area contributed by atoms with Crippen molar-refractivity contribution in [3.63, 3.8) is 0 Å². The number of hydrogen-bond donors (Lipinski definition) is 2. The Morgan fingerprint density at radius 3 is 3.05 bits per heavy atom. The Morgan fingerprint density at radius 2 is 2.32 bits per heavy atom. The van der Waals surface area contributed by atoms with Crippen LogP contribution in [0.1, 0.15) is 31.9 Å². The minimum absolute atomic E-state index is 0.237. The SMILES string of the molecule is CCC(C)N(C)CCNC1COc2cc(O)ccc21. The van der Waals surface area contributed by atoms with Crippen molar-refractivity contribution in [3.8, 4) is 11.5 Å². The molecule has 2 atom stereocenters. The van der Waals surface area contributed by atoms with E-state index >= 15 is 0 Å². The Labute approximate surface area is 115 Å². The molecule has 4 heteroatoms. The van der Waals surface area contributed by atoms with E-state index in [2.05, 4.69) is 31.1 Å². The Bertz CT molecular complexity index is 423. The highest BCUT2D eigenvalue weighted by Gasteiger charge is 2.23. The van der Waals surface area contributed by atoms with E-state index in [1.807, 2.05) is 6.07 Å². The molecule has 0 spiro atoms. The smallest absolute Gasteiger partial charge is 0.127 e. The van der Waals surface area contributed by atoms with Crippen LogP contribution in [-0.4, -0.2) is 42.8 Å². The Balaban J connectivity index is 1.83. The van der Waals surface area contributed by atoms with Crippen LogP contribution < -0.4 is 10.1 Å². The Morgan fingerprint density at radius 1 is 1.53 bits per heavy atom. The van der Waals surface area contributed by atoms with Gasteiger partial charge in [-0.05, 0) is 32.5 Å². The second kappa shape index (κ2) is 6.26. The van der Waals surface area contributed by atoms with Crippen molar-refractivity contribution < 1.29 is 9.84 Å². The van der Waals surface area contributed by atoms with Crippen LogP contribution in [0.4, 0.5) is 0 Å². The molecule has 19 heavy (non-hydrogen) atoms. The van der Waals surface area contributed by atoms with Crippen molar-refractivity contribution in [2.24, 2.45) is 0 Å². The molecule has 0 bridgehead atoms.